The number of carboxylic acids is 1. The van der Waals surface area contributed by atoms with Crippen LogP contribution in [0.5, 0.6) is 0 Å². The summed E-state index contributed by atoms with van der Waals surface area (Å²) in [5.74, 6) is -1.56. The van der Waals surface area contributed by atoms with Crippen LogP contribution in [0, 0.1) is 17.8 Å². The van der Waals surface area contributed by atoms with E-state index in [0.717, 1.165) is 19.3 Å². The van der Waals surface area contributed by atoms with Gasteiger partial charge in [0.2, 0.25) is 11.8 Å². The molecule has 1 saturated heterocycles. The quantitative estimate of drug-likeness (QED) is 0.759. The molecule has 0 N–H and O–H groups in total. The second-order valence-electron chi connectivity index (χ2n) is 5.98. The van der Waals surface area contributed by atoms with Crippen LogP contribution in [0.25, 0.3) is 0 Å². The molecule has 2 aliphatic rings. The average Bonchev–Trinajstić information content (AvgIpc) is 2.70. The number of imide groups is 1. The van der Waals surface area contributed by atoms with Gasteiger partial charge >= 0.3 is 0 Å². The van der Waals surface area contributed by atoms with Crippen molar-refractivity contribution in [1.29, 1.82) is 0 Å². The molecule has 0 unspecified atom stereocenters. The molecule has 1 aliphatic carbocycles. The molecule has 0 bridgehead atoms. The minimum atomic E-state index is -1.27. The molecule has 3 atom stereocenters. The number of carboxylic acid groups (broad SMARTS) is 1. The lowest BCUT2D eigenvalue weighted by atomic mass is 9.76. The number of amides is 2. The van der Waals surface area contributed by atoms with E-state index in [1.807, 2.05) is 0 Å². The highest BCUT2D eigenvalue weighted by molar-refractivity contribution is 6.22. The van der Waals surface area contributed by atoms with Gasteiger partial charge in [0.15, 0.2) is 0 Å². The summed E-state index contributed by atoms with van der Waals surface area (Å²) >= 11 is 0. The van der Waals surface area contributed by atoms with Crippen molar-refractivity contribution in [3.63, 3.8) is 0 Å². The summed E-state index contributed by atoms with van der Waals surface area (Å²) in [7, 11) is 0. The van der Waals surface area contributed by atoms with Crippen LogP contribution >= 0.6 is 0 Å². The summed E-state index contributed by atoms with van der Waals surface area (Å²) in [4.78, 5) is 36.9. The molecule has 1 aliphatic heterocycles. The SMILES string of the molecule is C[C@H]1CC[C@@H]2C(=O)N(c3ccc(C(=O)[O-])cc3)C(=O)[C@@H]2C1. The molecular formula is C16H16NO4-. The van der Waals surface area contributed by atoms with E-state index < -0.39 is 5.97 Å². The van der Waals surface area contributed by atoms with Crippen LogP contribution in [-0.2, 0) is 9.59 Å². The lowest BCUT2D eigenvalue weighted by Crippen LogP contribution is -2.31. The molecule has 2 amide bonds. The molecule has 21 heavy (non-hydrogen) atoms. The van der Waals surface area contributed by atoms with E-state index >= 15 is 0 Å². The minimum absolute atomic E-state index is 0.0314. The molecule has 1 heterocycles. The van der Waals surface area contributed by atoms with E-state index in [1.165, 1.54) is 29.2 Å². The summed E-state index contributed by atoms with van der Waals surface area (Å²) < 4.78 is 0. The van der Waals surface area contributed by atoms with Gasteiger partial charge in [-0.15, -0.1) is 0 Å². The number of benzene rings is 1. The molecule has 0 radical (unpaired) electrons. The fourth-order valence-electron chi connectivity index (χ4n) is 3.39. The van der Waals surface area contributed by atoms with Gasteiger partial charge in [-0.25, -0.2) is 0 Å². The number of carbonyl (C=O) groups is 3. The molecular weight excluding hydrogens is 270 g/mol. The number of fused-ring (bicyclic) bond motifs is 1. The fraction of sp³-hybridized carbons (Fsp3) is 0.438. The van der Waals surface area contributed by atoms with Gasteiger partial charge in [0.1, 0.15) is 0 Å². The lowest BCUT2D eigenvalue weighted by molar-refractivity contribution is -0.255. The Morgan fingerprint density at radius 1 is 1.10 bits per heavy atom. The standard InChI is InChI=1S/C16H17NO4/c1-9-2-7-12-13(8-9)15(19)17(14(12)18)11-5-3-10(4-6-11)16(20)21/h3-6,9,12-13H,2,7-8H2,1H3,(H,20,21)/p-1/t9-,12-,13+/m0/s1. The maximum atomic E-state index is 12.5. The Morgan fingerprint density at radius 2 is 1.71 bits per heavy atom. The monoisotopic (exact) mass is 286 g/mol. The van der Waals surface area contributed by atoms with Crippen molar-refractivity contribution < 1.29 is 19.5 Å². The first-order chi connectivity index (χ1) is 9.99. The van der Waals surface area contributed by atoms with Gasteiger partial charge in [0.05, 0.1) is 23.5 Å². The molecule has 110 valence electrons. The van der Waals surface area contributed by atoms with Crippen LogP contribution < -0.4 is 10.0 Å². The number of carbonyl (C=O) groups excluding carboxylic acids is 3. The highest BCUT2D eigenvalue weighted by Gasteiger charge is 2.49. The van der Waals surface area contributed by atoms with Crippen molar-refractivity contribution in [2.75, 3.05) is 4.90 Å². The molecule has 5 heteroatoms. The molecule has 0 spiro atoms. The van der Waals surface area contributed by atoms with Crippen LogP contribution in [-0.4, -0.2) is 17.8 Å². The first kappa shape index (κ1) is 13.8. The largest absolute Gasteiger partial charge is 0.545 e. The third kappa shape index (κ3) is 2.22. The number of hydrogen-bond acceptors (Lipinski definition) is 4. The van der Waals surface area contributed by atoms with Crippen LogP contribution in [0.4, 0.5) is 5.69 Å². The average molecular weight is 286 g/mol. The van der Waals surface area contributed by atoms with E-state index in [2.05, 4.69) is 6.92 Å². The Morgan fingerprint density at radius 3 is 2.33 bits per heavy atom. The van der Waals surface area contributed by atoms with Crippen molar-refractivity contribution >= 4 is 23.5 Å². The summed E-state index contributed by atoms with van der Waals surface area (Å²) in [5.41, 5.74) is 0.473. The zero-order valence-corrected chi connectivity index (χ0v) is 11.7. The van der Waals surface area contributed by atoms with E-state index in [9.17, 15) is 19.5 Å². The van der Waals surface area contributed by atoms with Crippen molar-refractivity contribution in [1.82, 2.24) is 0 Å². The molecule has 1 saturated carbocycles. The molecule has 1 aromatic rings. The van der Waals surface area contributed by atoms with E-state index in [0.29, 0.717) is 11.6 Å². The zero-order valence-electron chi connectivity index (χ0n) is 11.7. The predicted octanol–water partition coefficient (Wildman–Crippen LogP) is 0.976. The number of aromatic carboxylic acids is 1. The Hall–Kier alpha value is -2.17. The summed E-state index contributed by atoms with van der Waals surface area (Å²) in [6.45, 7) is 2.10. The van der Waals surface area contributed by atoms with Crippen LogP contribution in [0.3, 0.4) is 0 Å². The van der Waals surface area contributed by atoms with Crippen molar-refractivity contribution in [3.05, 3.63) is 29.8 Å². The van der Waals surface area contributed by atoms with Gasteiger partial charge in [0, 0.05) is 0 Å². The summed E-state index contributed by atoms with van der Waals surface area (Å²) in [6.07, 6.45) is 2.48. The van der Waals surface area contributed by atoms with Crippen molar-refractivity contribution in [2.45, 2.75) is 26.2 Å². The number of anilines is 1. The highest BCUT2D eigenvalue weighted by atomic mass is 16.4. The Kier molecular flexibility index (Phi) is 3.27. The Bertz CT molecular complexity index is 607. The van der Waals surface area contributed by atoms with Gasteiger partial charge in [-0.2, -0.15) is 0 Å². The maximum Gasteiger partial charge on any atom is 0.237 e. The maximum absolute atomic E-state index is 12.5. The van der Waals surface area contributed by atoms with Gasteiger partial charge in [-0.3, -0.25) is 14.5 Å². The Labute approximate surface area is 122 Å². The number of hydrogen-bond donors (Lipinski definition) is 0. The van der Waals surface area contributed by atoms with Gasteiger partial charge in [-0.05, 0) is 42.9 Å². The first-order valence-corrected chi connectivity index (χ1v) is 7.18. The fourth-order valence-corrected chi connectivity index (χ4v) is 3.39. The first-order valence-electron chi connectivity index (χ1n) is 7.18. The smallest absolute Gasteiger partial charge is 0.237 e. The molecule has 1 aromatic carbocycles. The normalized spacial score (nSPS) is 28.6. The second-order valence-corrected chi connectivity index (χ2v) is 5.98. The second kappa shape index (κ2) is 4.98. The Balaban J connectivity index is 1.90. The topological polar surface area (TPSA) is 77.5 Å². The lowest BCUT2D eigenvalue weighted by Gasteiger charge is -2.25. The highest BCUT2D eigenvalue weighted by Crippen LogP contribution is 2.42. The van der Waals surface area contributed by atoms with E-state index in [-0.39, 0.29) is 29.2 Å². The van der Waals surface area contributed by atoms with Crippen molar-refractivity contribution in [3.8, 4) is 0 Å². The number of rotatable bonds is 2. The minimum Gasteiger partial charge on any atom is -0.545 e. The van der Waals surface area contributed by atoms with Crippen LogP contribution in [0.15, 0.2) is 24.3 Å². The number of nitrogens with zero attached hydrogens (tertiary/aromatic N) is 1. The van der Waals surface area contributed by atoms with E-state index in [1.54, 1.807) is 0 Å². The summed E-state index contributed by atoms with van der Waals surface area (Å²) in [6, 6.07) is 5.69. The van der Waals surface area contributed by atoms with Crippen molar-refractivity contribution in [2.24, 2.45) is 17.8 Å². The predicted molar refractivity (Wildman–Crippen MR) is 73.3 cm³/mol. The summed E-state index contributed by atoms with van der Waals surface area (Å²) in [5, 5.41) is 10.7. The van der Waals surface area contributed by atoms with Gasteiger partial charge in [0.25, 0.3) is 0 Å². The van der Waals surface area contributed by atoms with Crippen LogP contribution in [0.2, 0.25) is 0 Å². The third-order valence-corrected chi connectivity index (χ3v) is 4.55. The van der Waals surface area contributed by atoms with Gasteiger partial charge < -0.3 is 9.90 Å². The molecule has 3 rings (SSSR count). The zero-order chi connectivity index (χ0) is 15.1. The van der Waals surface area contributed by atoms with Crippen LogP contribution in [0.1, 0.15) is 36.5 Å². The third-order valence-electron chi connectivity index (χ3n) is 4.55. The molecule has 5 nitrogen and oxygen atoms in total. The molecule has 0 aromatic heterocycles. The molecule has 2 fully saturated rings. The van der Waals surface area contributed by atoms with E-state index in [4.69, 9.17) is 0 Å². The van der Waals surface area contributed by atoms with Gasteiger partial charge in [-0.1, -0.05) is 19.1 Å².